The predicted molar refractivity (Wildman–Crippen MR) is 121 cm³/mol. The molecule has 3 rings (SSSR count). The molecule has 10 nitrogen and oxygen atoms in total. The maximum atomic E-state index is 12.7. The maximum absolute atomic E-state index is 12.7. The van der Waals surface area contributed by atoms with Crippen LogP contribution in [-0.2, 0) is 16.1 Å². The van der Waals surface area contributed by atoms with Crippen LogP contribution in [0.2, 0.25) is 0 Å². The summed E-state index contributed by atoms with van der Waals surface area (Å²) >= 11 is 0. The van der Waals surface area contributed by atoms with Crippen molar-refractivity contribution in [2.45, 2.75) is 27.3 Å². The molecule has 0 saturated heterocycles. The lowest BCUT2D eigenvalue weighted by Crippen LogP contribution is -2.21. The number of carbonyl (C=O) groups is 3. The smallest absolute Gasteiger partial charge is 0.338 e. The minimum absolute atomic E-state index is 0.105. The normalized spacial score (nSPS) is 10.4. The van der Waals surface area contributed by atoms with Gasteiger partial charge in [0, 0.05) is 5.69 Å². The van der Waals surface area contributed by atoms with Crippen molar-refractivity contribution in [2.75, 3.05) is 23.8 Å². The molecule has 0 aliphatic carbocycles. The highest BCUT2D eigenvalue weighted by atomic mass is 16.5. The summed E-state index contributed by atoms with van der Waals surface area (Å²) in [6.45, 7) is 5.85. The molecule has 0 unspecified atom stereocenters. The molecule has 10 heteroatoms. The van der Waals surface area contributed by atoms with Gasteiger partial charge < -0.3 is 20.1 Å². The lowest BCUT2D eigenvalue weighted by atomic mass is 10.2. The van der Waals surface area contributed by atoms with E-state index in [-0.39, 0.29) is 24.8 Å². The van der Waals surface area contributed by atoms with E-state index in [0.29, 0.717) is 35.0 Å². The zero-order valence-electron chi connectivity index (χ0n) is 18.6. The summed E-state index contributed by atoms with van der Waals surface area (Å²) < 4.78 is 11.8. The fourth-order valence-electron chi connectivity index (χ4n) is 2.99. The average Bonchev–Trinajstić information content (AvgIpc) is 3.16. The first-order valence-corrected chi connectivity index (χ1v) is 10.4. The molecule has 0 aliphatic rings. The molecule has 1 heterocycles. The molecule has 0 radical (unpaired) electrons. The Morgan fingerprint density at radius 1 is 0.970 bits per heavy atom. The molecule has 0 atom stereocenters. The van der Waals surface area contributed by atoms with E-state index in [1.807, 2.05) is 13.0 Å². The molecule has 1 aromatic heterocycles. The van der Waals surface area contributed by atoms with Crippen LogP contribution in [-0.4, -0.2) is 46.0 Å². The third kappa shape index (κ3) is 5.94. The van der Waals surface area contributed by atoms with Gasteiger partial charge in [0.1, 0.15) is 12.3 Å². The maximum Gasteiger partial charge on any atom is 0.338 e. The van der Waals surface area contributed by atoms with E-state index in [9.17, 15) is 14.4 Å². The molecular weight excluding hydrogens is 426 g/mol. The second kappa shape index (κ2) is 10.9. The van der Waals surface area contributed by atoms with Crippen LogP contribution in [0.4, 0.5) is 11.4 Å². The van der Waals surface area contributed by atoms with Gasteiger partial charge in [-0.3, -0.25) is 9.59 Å². The van der Waals surface area contributed by atoms with E-state index in [4.69, 9.17) is 9.47 Å². The van der Waals surface area contributed by atoms with Crippen LogP contribution in [0.1, 0.15) is 40.4 Å². The first-order valence-electron chi connectivity index (χ1n) is 10.4. The highest BCUT2D eigenvalue weighted by molar-refractivity contribution is 6.04. The highest BCUT2D eigenvalue weighted by Crippen LogP contribution is 2.24. The van der Waals surface area contributed by atoms with Crippen molar-refractivity contribution < 1.29 is 23.9 Å². The van der Waals surface area contributed by atoms with E-state index in [0.717, 1.165) is 0 Å². The zero-order chi connectivity index (χ0) is 23.8. The number of hydrogen-bond acceptors (Lipinski definition) is 7. The van der Waals surface area contributed by atoms with E-state index < -0.39 is 11.9 Å². The first-order chi connectivity index (χ1) is 15.9. The molecule has 0 bridgehead atoms. The Balaban J connectivity index is 1.63. The van der Waals surface area contributed by atoms with Gasteiger partial charge in [-0.25, -0.2) is 9.48 Å². The van der Waals surface area contributed by atoms with Gasteiger partial charge in [-0.05, 0) is 57.2 Å². The number of nitrogens with zero attached hydrogens (tertiary/aromatic N) is 3. The largest absolute Gasteiger partial charge is 0.492 e. The summed E-state index contributed by atoms with van der Waals surface area (Å²) in [4.78, 5) is 36.8. The Kier molecular flexibility index (Phi) is 7.74. The van der Waals surface area contributed by atoms with Gasteiger partial charge in [0.2, 0.25) is 5.91 Å². The van der Waals surface area contributed by atoms with Gasteiger partial charge in [0.25, 0.3) is 5.91 Å². The van der Waals surface area contributed by atoms with Crippen molar-refractivity contribution in [1.82, 2.24) is 15.0 Å². The number of benzene rings is 2. The second-order valence-corrected chi connectivity index (χ2v) is 6.91. The Labute approximate surface area is 190 Å². The number of ether oxygens (including phenoxy) is 2. The molecule has 0 spiro atoms. The van der Waals surface area contributed by atoms with Crippen molar-refractivity contribution in [3.8, 4) is 5.75 Å². The molecule has 2 amide bonds. The van der Waals surface area contributed by atoms with Crippen LogP contribution in [0.25, 0.3) is 0 Å². The molecule has 0 aliphatic heterocycles. The number of amides is 2. The summed E-state index contributed by atoms with van der Waals surface area (Å²) in [5.74, 6) is -0.698. The zero-order valence-corrected chi connectivity index (χ0v) is 18.6. The van der Waals surface area contributed by atoms with Crippen LogP contribution in [0.15, 0.2) is 48.5 Å². The van der Waals surface area contributed by atoms with Gasteiger partial charge in [-0.2, -0.15) is 0 Å². The lowest BCUT2D eigenvalue weighted by Gasteiger charge is -2.10. The number of anilines is 2. The van der Waals surface area contributed by atoms with Crippen LogP contribution in [0, 0.1) is 6.92 Å². The summed E-state index contributed by atoms with van der Waals surface area (Å²) in [7, 11) is 0. The molecule has 3 aromatic rings. The third-order valence-electron chi connectivity index (χ3n) is 4.61. The van der Waals surface area contributed by atoms with E-state index >= 15 is 0 Å². The second-order valence-electron chi connectivity index (χ2n) is 6.91. The number of aromatic nitrogens is 3. The number of esters is 1. The van der Waals surface area contributed by atoms with Gasteiger partial charge >= 0.3 is 5.97 Å². The van der Waals surface area contributed by atoms with Crippen LogP contribution in [0.5, 0.6) is 5.75 Å². The van der Waals surface area contributed by atoms with Gasteiger partial charge in [-0.1, -0.05) is 17.3 Å². The number of hydrogen-bond donors (Lipinski definition) is 2. The molecule has 2 N–H and O–H groups in total. The van der Waals surface area contributed by atoms with Crippen molar-refractivity contribution in [3.05, 3.63) is 65.5 Å². The summed E-state index contributed by atoms with van der Waals surface area (Å²) in [6, 6.07) is 13.4. The molecule has 2 aromatic carbocycles. The standard InChI is InChI=1S/C23H25N5O5/c1-4-32-19-9-7-6-8-18(19)25-22(30)21-15(3)28(27-26-21)14-20(29)24-17-12-10-16(11-13-17)23(31)33-5-2/h6-13H,4-5,14H2,1-3H3,(H,24,29)(H,25,30). The van der Waals surface area contributed by atoms with Gasteiger partial charge in [0.05, 0.1) is 30.2 Å². The van der Waals surface area contributed by atoms with Crippen LogP contribution < -0.4 is 15.4 Å². The monoisotopic (exact) mass is 451 g/mol. The summed E-state index contributed by atoms with van der Waals surface area (Å²) in [6.07, 6.45) is 0. The Morgan fingerprint density at radius 3 is 2.39 bits per heavy atom. The topological polar surface area (TPSA) is 124 Å². The molecule has 0 saturated carbocycles. The van der Waals surface area contributed by atoms with Crippen LogP contribution in [0.3, 0.4) is 0 Å². The van der Waals surface area contributed by atoms with Gasteiger partial charge in [0.15, 0.2) is 5.69 Å². The van der Waals surface area contributed by atoms with Crippen molar-refractivity contribution >= 4 is 29.2 Å². The fourth-order valence-corrected chi connectivity index (χ4v) is 2.99. The summed E-state index contributed by atoms with van der Waals surface area (Å²) in [5, 5.41) is 13.3. The average molecular weight is 451 g/mol. The van der Waals surface area contributed by atoms with E-state index in [2.05, 4.69) is 20.9 Å². The fraction of sp³-hybridized carbons (Fsp3) is 0.261. The molecule has 172 valence electrons. The Bertz CT molecular complexity index is 1140. The lowest BCUT2D eigenvalue weighted by molar-refractivity contribution is -0.117. The van der Waals surface area contributed by atoms with Crippen LogP contribution >= 0.6 is 0 Å². The number of carbonyl (C=O) groups excluding carboxylic acids is 3. The number of rotatable bonds is 9. The van der Waals surface area contributed by atoms with Crippen molar-refractivity contribution in [2.24, 2.45) is 0 Å². The Morgan fingerprint density at radius 2 is 1.70 bits per heavy atom. The molecular formula is C23H25N5O5. The first kappa shape index (κ1) is 23.5. The van der Waals surface area contributed by atoms with E-state index in [1.165, 1.54) is 4.68 Å². The minimum Gasteiger partial charge on any atom is -0.492 e. The van der Waals surface area contributed by atoms with E-state index in [1.54, 1.807) is 56.3 Å². The molecule has 33 heavy (non-hydrogen) atoms. The minimum atomic E-state index is -0.458. The Hall–Kier alpha value is -4.21. The number of nitrogens with one attached hydrogen (secondary N) is 2. The van der Waals surface area contributed by atoms with Crippen molar-refractivity contribution in [1.29, 1.82) is 0 Å². The SMILES string of the molecule is CCOC(=O)c1ccc(NC(=O)Cn2nnc(C(=O)Nc3ccccc3OCC)c2C)cc1. The van der Waals surface area contributed by atoms with Gasteiger partial charge in [-0.15, -0.1) is 5.10 Å². The third-order valence-corrected chi connectivity index (χ3v) is 4.61. The highest BCUT2D eigenvalue weighted by Gasteiger charge is 2.19. The quantitative estimate of drug-likeness (QED) is 0.479. The predicted octanol–water partition coefficient (Wildman–Crippen LogP) is 3.05. The number of para-hydroxylation sites is 2. The van der Waals surface area contributed by atoms with Crippen molar-refractivity contribution in [3.63, 3.8) is 0 Å². The molecule has 0 fully saturated rings. The summed E-state index contributed by atoms with van der Waals surface area (Å²) in [5.41, 5.74) is 1.96.